The summed E-state index contributed by atoms with van der Waals surface area (Å²) < 4.78 is 39.8. The maximum Gasteiger partial charge on any atom is 0.431 e. The first-order chi connectivity index (χ1) is 16.5. The zero-order chi connectivity index (χ0) is 23.7. The molecule has 7 nitrogen and oxygen atoms in total. The first kappa shape index (κ1) is 22.5. The molecule has 5 rings (SSSR count). The summed E-state index contributed by atoms with van der Waals surface area (Å²) in [6, 6.07) is 2.84. The Morgan fingerprint density at radius 3 is 2.68 bits per heavy atom. The third kappa shape index (κ3) is 4.29. The molecule has 2 aliphatic rings. The molecule has 178 valence electrons. The van der Waals surface area contributed by atoms with Crippen LogP contribution in [0.4, 0.5) is 18.9 Å². The van der Waals surface area contributed by atoms with Gasteiger partial charge in [0.25, 0.3) is 0 Å². The summed E-state index contributed by atoms with van der Waals surface area (Å²) in [7, 11) is 0. The molecule has 0 atom stereocenters. The average molecular weight is 470 g/mol. The predicted molar refractivity (Wildman–Crippen MR) is 126 cm³/mol. The summed E-state index contributed by atoms with van der Waals surface area (Å²) in [6.07, 6.45) is 4.02. The first-order valence-electron chi connectivity index (χ1n) is 11.4. The molecule has 4 heterocycles. The number of H-pyrrole nitrogens is 1. The van der Waals surface area contributed by atoms with Crippen molar-refractivity contribution in [3.8, 4) is 0 Å². The number of hydrogen-bond acceptors (Lipinski definition) is 5. The van der Waals surface area contributed by atoms with Crippen LogP contribution < -0.4 is 5.32 Å². The molecule has 0 bridgehead atoms. The van der Waals surface area contributed by atoms with Gasteiger partial charge in [-0.2, -0.15) is 13.2 Å². The number of amidine groups is 1. The minimum Gasteiger partial charge on any atom is -0.354 e. The maximum absolute atomic E-state index is 13.3. The molecule has 1 aliphatic heterocycles. The van der Waals surface area contributed by atoms with Crippen LogP contribution >= 0.6 is 0 Å². The van der Waals surface area contributed by atoms with Crippen molar-refractivity contribution < 1.29 is 13.2 Å². The number of nitrogens with zero attached hydrogens (tertiary/aromatic N) is 5. The van der Waals surface area contributed by atoms with Crippen LogP contribution in [0, 0.1) is 0 Å². The molecule has 1 aliphatic carbocycles. The fourth-order valence-electron chi connectivity index (χ4n) is 4.60. The van der Waals surface area contributed by atoms with E-state index in [0.29, 0.717) is 22.6 Å². The van der Waals surface area contributed by atoms with Gasteiger partial charge in [-0.1, -0.05) is 6.42 Å². The number of aromatic nitrogens is 3. The van der Waals surface area contributed by atoms with Gasteiger partial charge in [-0.15, -0.1) is 0 Å². The molecule has 0 spiro atoms. The van der Waals surface area contributed by atoms with Crippen LogP contribution in [-0.2, 0) is 12.7 Å². The van der Waals surface area contributed by atoms with Crippen molar-refractivity contribution in [3.63, 3.8) is 0 Å². The van der Waals surface area contributed by atoms with E-state index in [9.17, 15) is 13.2 Å². The molecular weight excluding hydrogens is 443 g/mol. The Hall–Kier alpha value is -3.27. The fraction of sp³-hybridized carbons (Fsp3) is 0.417. The highest BCUT2D eigenvalue weighted by Gasteiger charge is 2.33. The van der Waals surface area contributed by atoms with Gasteiger partial charge in [0, 0.05) is 49.5 Å². The largest absolute Gasteiger partial charge is 0.431 e. The Labute approximate surface area is 195 Å². The van der Waals surface area contributed by atoms with Crippen LogP contribution in [0.1, 0.15) is 47.6 Å². The monoisotopic (exact) mass is 469 g/mol. The van der Waals surface area contributed by atoms with Gasteiger partial charge in [0.2, 0.25) is 0 Å². The van der Waals surface area contributed by atoms with Gasteiger partial charge in [0.05, 0.1) is 18.4 Å². The quantitative estimate of drug-likeness (QED) is 0.428. The van der Waals surface area contributed by atoms with E-state index in [1.54, 1.807) is 12.3 Å². The highest BCUT2D eigenvalue weighted by Crippen LogP contribution is 2.40. The Morgan fingerprint density at radius 2 is 2.00 bits per heavy atom. The van der Waals surface area contributed by atoms with E-state index >= 15 is 0 Å². The summed E-state index contributed by atoms with van der Waals surface area (Å²) >= 11 is 0. The van der Waals surface area contributed by atoms with Gasteiger partial charge in [0.15, 0.2) is 0 Å². The molecule has 0 unspecified atom stereocenters. The Kier molecular flexibility index (Phi) is 6.07. The summed E-state index contributed by atoms with van der Waals surface area (Å²) in [4.78, 5) is 22.3. The lowest BCUT2D eigenvalue weighted by molar-refractivity contribution is -0.140. The molecule has 0 radical (unpaired) electrons. The lowest BCUT2D eigenvalue weighted by atomic mass is 9.78. The zero-order valence-electron chi connectivity index (χ0n) is 18.7. The van der Waals surface area contributed by atoms with Gasteiger partial charge in [-0.3, -0.25) is 15.0 Å². The van der Waals surface area contributed by atoms with Crippen molar-refractivity contribution in [1.82, 2.24) is 25.2 Å². The molecule has 2 fully saturated rings. The number of halogens is 3. The Bertz CT molecular complexity index is 1220. The normalized spacial score (nSPS) is 17.7. The number of hydrogen-bond donors (Lipinski definition) is 2. The van der Waals surface area contributed by atoms with Crippen molar-refractivity contribution >= 4 is 29.3 Å². The number of piperazine rings is 1. The number of nitrogens with one attached hydrogen (secondary N) is 2. The second kappa shape index (κ2) is 9.17. The van der Waals surface area contributed by atoms with Crippen molar-refractivity contribution in [2.45, 2.75) is 37.9 Å². The van der Waals surface area contributed by atoms with E-state index in [4.69, 9.17) is 4.99 Å². The van der Waals surface area contributed by atoms with E-state index in [-0.39, 0.29) is 12.2 Å². The average Bonchev–Trinajstić information content (AvgIpc) is 3.25. The molecule has 34 heavy (non-hydrogen) atoms. The second-order valence-electron chi connectivity index (χ2n) is 8.70. The SMILES string of the molecule is C=Nc1cncc(C2CCC2)c1C(=NCc1ccnc2[nH]c(C(F)(F)F)cc12)N1CCNCC1. The standard InChI is InChI=1S/C24H26F3N7/c1-28-19-14-30-13-18(15-3-2-4-15)21(19)23(34-9-7-29-8-10-34)32-12-16-5-6-31-22-17(16)11-20(33-22)24(25,26)27/h5-6,11,13-15,29H,1-4,7-10,12H2,(H,31,33). The van der Waals surface area contributed by atoms with Crippen LogP contribution in [0.5, 0.6) is 0 Å². The van der Waals surface area contributed by atoms with E-state index in [2.05, 4.69) is 36.9 Å². The van der Waals surface area contributed by atoms with E-state index in [0.717, 1.165) is 62.0 Å². The lowest BCUT2D eigenvalue weighted by Crippen LogP contribution is -2.47. The molecule has 0 aromatic carbocycles. The summed E-state index contributed by atoms with van der Waals surface area (Å²) in [5, 5.41) is 3.79. The molecule has 0 amide bonds. The second-order valence-corrected chi connectivity index (χ2v) is 8.70. The number of rotatable bonds is 5. The third-order valence-corrected chi connectivity index (χ3v) is 6.64. The third-order valence-electron chi connectivity index (χ3n) is 6.64. The molecule has 3 aromatic heterocycles. The van der Waals surface area contributed by atoms with Gasteiger partial charge < -0.3 is 15.2 Å². The fourth-order valence-corrected chi connectivity index (χ4v) is 4.60. The minimum atomic E-state index is -4.47. The van der Waals surface area contributed by atoms with E-state index in [1.807, 2.05) is 6.20 Å². The Balaban J connectivity index is 1.59. The van der Waals surface area contributed by atoms with Crippen molar-refractivity contribution in [3.05, 3.63) is 53.1 Å². The van der Waals surface area contributed by atoms with Crippen LogP contribution in [0.3, 0.4) is 0 Å². The minimum absolute atomic E-state index is 0.205. The predicted octanol–water partition coefficient (Wildman–Crippen LogP) is 4.43. The molecule has 10 heteroatoms. The van der Waals surface area contributed by atoms with Crippen molar-refractivity contribution in [2.24, 2.45) is 9.98 Å². The number of fused-ring (bicyclic) bond motifs is 1. The van der Waals surface area contributed by atoms with Gasteiger partial charge in [0.1, 0.15) is 17.2 Å². The summed E-state index contributed by atoms with van der Waals surface area (Å²) in [6.45, 7) is 7.17. The highest BCUT2D eigenvalue weighted by atomic mass is 19.4. The summed E-state index contributed by atoms with van der Waals surface area (Å²) in [5.74, 6) is 1.20. The molecule has 2 N–H and O–H groups in total. The number of pyridine rings is 2. The number of alkyl halides is 3. The molecular formula is C24H26F3N7. The van der Waals surface area contributed by atoms with Crippen molar-refractivity contribution in [1.29, 1.82) is 0 Å². The highest BCUT2D eigenvalue weighted by molar-refractivity contribution is 6.04. The molecule has 3 aromatic rings. The van der Waals surface area contributed by atoms with Crippen molar-refractivity contribution in [2.75, 3.05) is 26.2 Å². The molecule has 1 saturated carbocycles. The van der Waals surface area contributed by atoms with E-state index < -0.39 is 11.9 Å². The van der Waals surface area contributed by atoms with Gasteiger partial charge >= 0.3 is 6.18 Å². The van der Waals surface area contributed by atoms with Gasteiger partial charge in [-0.25, -0.2) is 4.98 Å². The molecule has 1 saturated heterocycles. The topological polar surface area (TPSA) is 81.6 Å². The first-order valence-corrected chi connectivity index (χ1v) is 11.4. The van der Waals surface area contributed by atoms with Crippen LogP contribution in [0.25, 0.3) is 11.0 Å². The number of aliphatic imine (C=N–C) groups is 2. The lowest BCUT2D eigenvalue weighted by Gasteiger charge is -2.34. The maximum atomic E-state index is 13.3. The summed E-state index contributed by atoms with van der Waals surface area (Å²) in [5.41, 5.74) is 2.81. The Morgan fingerprint density at radius 1 is 1.21 bits per heavy atom. The van der Waals surface area contributed by atoms with Gasteiger partial charge in [-0.05, 0) is 48.7 Å². The smallest absolute Gasteiger partial charge is 0.354 e. The van der Waals surface area contributed by atoms with E-state index in [1.165, 1.54) is 12.6 Å². The zero-order valence-corrected chi connectivity index (χ0v) is 18.7. The number of aromatic amines is 1. The van der Waals surface area contributed by atoms with Crippen LogP contribution in [0.2, 0.25) is 0 Å². The van der Waals surface area contributed by atoms with Crippen LogP contribution in [-0.4, -0.2) is 58.6 Å². The van der Waals surface area contributed by atoms with Crippen LogP contribution in [0.15, 0.2) is 40.7 Å².